The van der Waals surface area contributed by atoms with Crippen LogP contribution in [0.5, 0.6) is 0 Å². The molecule has 0 aromatic carbocycles. The maximum Gasteiger partial charge on any atom is 0.248 e. The molecule has 0 saturated heterocycles. The third kappa shape index (κ3) is 6.08. The van der Waals surface area contributed by atoms with Crippen molar-refractivity contribution in [3.8, 4) is 6.07 Å². The molecule has 0 saturated carbocycles. The molecule has 0 atom stereocenters. The first-order valence-corrected chi connectivity index (χ1v) is 5.18. The highest BCUT2D eigenvalue weighted by atomic mass is 16.5. The minimum atomic E-state index is -0.258. The molecule has 0 aromatic rings. The summed E-state index contributed by atoms with van der Waals surface area (Å²) in [5, 5.41) is 8.37. The van der Waals surface area contributed by atoms with Crippen molar-refractivity contribution in [1.29, 1.82) is 5.26 Å². The highest BCUT2D eigenvalue weighted by Gasteiger charge is 2.18. The van der Waals surface area contributed by atoms with Crippen LogP contribution < -0.4 is 0 Å². The molecule has 0 aromatic heterocycles. The van der Waals surface area contributed by atoms with Gasteiger partial charge in [0.15, 0.2) is 0 Å². The second kappa shape index (κ2) is 6.41. The Labute approximate surface area is 91.8 Å². The molecule has 0 rings (SSSR count). The summed E-state index contributed by atoms with van der Waals surface area (Å²) < 4.78 is 5.47. The molecule has 86 valence electrons. The lowest BCUT2D eigenvalue weighted by molar-refractivity contribution is -0.140. The van der Waals surface area contributed by atoms with Gasteiger partial charge in [-0.2, -0.15) is 5.26 Å². The number of rotatable bonds is 6. The van der Waals surface area contributed by atoms with E-state index < -0.39 is 0 Å². The van der Waals surface area contributed by atoms with Crippen molar-refractivity contribution in [2.45, 2.75) is 39.2 Å². The second-order valence-electron chi connectivity index (χ2n) is 4.13. The topological polar surface area (TPSA) is 53.3 Å². The summed E-state index contributed by atoms with van der Waals surface area (Å²) in [5.41, 5.74) is -0.258. The van der Waals surface area contributed by atoms with Gasteiger partial charge in [0.1, 0.15) is 6.61 Å². The van der Waals surface area contributed by atoms with E-state index in [0.29, 0.717) is 13.0 Å². The van der Waals surface area contributed by atoms with Crippen molar-refractivity contribution in [2.75, 3.05) is 20.2 Å². The van der Waals surface area contributed by atoms with Gasteiger partial charge >= 0.3 is 0 Å². The smallest absolute Gasteiger partial charge is 0.248 e. The zero-order chi connectivity index (χ0) is 11.9. The summed E-state index contributed by atoms with van der Waals surface area (Å²) in [7, 11) is 1.68. The lowest BCUT2D eigenvalue weighted by Crippen LogP contribution is -2.35. The molecule has 0 spiro atoms. The number of nitriles is 1. The molecule has 0 aliphatic rings. The van der Waals surface area contributed by atoms with Crippen molar-refractivity contribution in [2.24, 2.45) is 0 Å². The van der Waals surface area contributed by atoms with E-state index in [4.69, 9.17) is 10.00 Å². The lowest BCUT2D eigenvalue weighted by atomic mass is 10.1. The van der Waals surface area contributed by atoms with Crippen LogP contribution >= 0.6 is 0 Å². The Morgan fingerprint density at radius 1 is 1.53 bits per heavy atom. The van der Waals surface area contributed by atoms with Crippen LogP contribution in [0.1, 0.15) is 33.6 Å². The van der Waals surface area contributed by atoms with Gasteiger partial charge in [-0.15, -0.1) is 0 Å². The maximum atomic E-state index is 11.5. The predicted molar refractivity (Wildman–Crippen MR) is 58.2 cm³/mol. The van der Waals surface area contributed by atoms with Gasteiger partial charge in [0, 0.05) is 13.6 Å². The SMILES string of the molecule is CCC(C)(C)OCC(=O)N(C)CCC#N. The first-order valence-electron chi connectivity index (χ1n) is 5.18. The van der Waals surface area contributed by atoms with E-state index in [9.17, 15) is 4.79 Å². The first kappa shape index (κ1) is 13.9. The van der Waals surface area contributed by atoms with Crippen LogP contribution in [-0.4, -0.2) is 36.6 Å². The van der Waals surface area contributed by atoms with Crippen molar-refractivity contribution in [3.05, 3.63) is 0 Å². The zero-order valence-corrected chi connectivity index (χ0v) is 10.0. The van der Waals surface area contributed by atoms with Crippen molar-refractivity contribution in [3.63, 3.8) is 0 Å². The van der Waals surface area contributed by atoms with Crippen LogP contribution in [-0.2, 0) is 9.53 Å². The molecular formula is C11H20N2O2. The summed E-state index contributed by atoms with van der Waals surface area (Å²) in [5.74, 6) is -0.0771. The van der Waals surface area contributed by atoms with Crippen LogP contribution in [0.4, 0.5) is 0 Å². The minimum Gasteiger partial charge on any atom is -0.366 e. The van der Waals surface area contributed by atoms with Crippen LogP contribution in [0.2, 0.25) is 0 Å². The van der Waals surface area contributed by atoms with Crippen molar-refractivity contribution in [1.82, 2.24) is 4.90 Å². The fraction of sp³-hybridized carbons (Fsp3) is 0.818. The van der Waals surface area contributed by atoms with Gasteiger partial charge < -0.3 is 9.64 Å². The van der Waals surface area contributed by atoms with Crippen LogP contribution in [0.3, 0.4) is 0 Å². The number of likely N-dealkylation sites (N-methyl/N-ethyl adjacent to an activating group) is 1. The number of hydrogen-bond donors (Lipinski definition) is 0. The molecular weight excluding hydrogens is 192 g/mol. The number of carbonyl (C=O) groups excluding carboxylic acids is 1. The van der Waals surface area contributed by atoms with Gasteiger partial charge in [-0.25, -0.2) is 0 Å². The van der Waals surface area contributed by atoms with E-state index in [1.807, 2.05) is 26.8 Å². The molecule has 0 radical (unpaired) electrons. The average molecular weight is 212 g/mol. The Morgan fingerprint density at radius 2 is 2.13 bits per heavy atom. The number of nitrogens with zero attached hydrogens (tertiary/aromatic N) is 2. The summed E-state index contributed by atoms with van der Waals surface area (Å²) in [6, 6.07) is 2.00. The van der Waals surface area contributed by atoms with E-state index in [0.717, 1.165) is 6.42 Å². The summed E-state index contributed by atoms with van der Waals surface area (Å²) >= 11 is 0. The quantitative estimate of drug-likeness (QED) is 0.671. The molecule has 15 heavy (non-hydrogen) atoms. The Kier molecular flexibility index (Phi) is 5.95. The normalized spacial score (nSPS) is 10.9. The van der Waals surface area contributed by atoms with Crippen LogP contribution in [0, 0.1) is 11.3 Å². The van der Waals surface area contributed by atoms with Gasteiger partial charge in [0.25, 0.3) is 0 Å². The molecule has 4 nitrogen and oxygen atoms in total. The highest BCUT2D eigenvalue weighted by molar-refractivity contribution is 5.77. The summed E-state index contributed by atoms with van der Waals surface area (Å²) in [4.78, 5) is 13.0. The Hall–Kier alpha value is -1.08. The van der Waals surface area contributed by atoms with E-state index in [1.54, 1.807) is 7.05 Å². The third-order valence-electron chi connectivity index (χ3n) is 2.42. The molecule has 0 unspecified atom stereocenters. The van der Waals surface area contributed by atoms with E-state index in [2.05, 4.69) is 0 Å². The van der Waals surface area contributed by atoms with Gasteiger partial charge in [-0.1, -0.05) is 6.92 Å². The minimum absolute atomic E-state index is 0.0771. The van der Waals surface area contributed by atoms with Crippen molar-refractivity contribution >= 4 is 5.91 Å². The summed E-state index contributed by atoms with van der Waals surface area (Å²) in [6.07, 6.45) is 1.22. The molecule has 0 aliphatic carbocycles. The number of ether oxygens (including phenoxy) is 1. The van der Waals surface area contributed by atoms with Gasteiger partial charge in [-0.3, -0.25) is 4.79 Å². The van der Waals surface area contributed by atoms with E-state index in [-0.39, 0.29) is 18.1 Å². The van der Waals surface area contributed by atoms with Gasteiger partial charge in [0.05, 0.1) is 18.1 Å². The largest absolute Gasteiger partial charge is 0.366 e. The fourth-order valence-electron chi connectivity index (χ4n) is 0.812. The zero-order valence-electron chi connectivity index (χ0n) is 10.0. The molecule has 0 fully saturated rings. The number of amides is 1. The highest BCUT2D eigenvalue weighted by Crippen LogP contribution is 2.13. The average Bonchev–Trinajstić information content (AvgIpc) is 2.22. The summed E-state index contributed by atoms with van der Waals surface area (Å²) in [6.45, 7) is 6.48. The maximum absolute atomic E-state index is 11.5. The second-order valence-corrected chi connectivity index (χ2v) is 4.13. The van der Waals surface area contributed by atoms with Crippen LogP contribution in [0.15, 0.2) is 0 Å². The van der Waals surface area contributed by atoms with Gasteiger partial charge in [-0.05, 0) is 20.3 Å². The third-order valence-corrected chi connectivity index (χ3v) is 2.42. The molecule has 0 aliphatic heterocycles. The predicted octanol–water partition coefficient (Wildman–Crippen LogP) is 1.56. The lowest BCUT2D eigenvalue weighted by Gasteiger charge is -2.24. The van der Waals surface area contributed by atoms with E-state index in [1.165, 1.54) is 4.90 Å². The molecule has 0 heterocycles. The standard InChI is InChI=1S/C11H20N2O2/c1-5-11(2,3)15-9-10(14)13(4)8-6-7-12/h5-6,8-9H2,1-4H3. The molecule has 0 bridgehead atoms. The molecule has 4 heteroatoms. The fourth-order valence-corrected chi connectivity index (χ4v) is 0.812. The Balaban J connectivity index is 3.89. The Morgan fingerprint density at radius 3 is 2.60 bits per heavy atom. The monoisotopic (exact) mass is 212 g/mol. The van der Waals surface area contributed by atoms with Crippen LogP contribution in [0.25, 0.3) is 0 Å². The Bertz CT molecular complexity index is 243. The van der Waals surface area contributed by atoms with Crippen molar-refractivity contribution < 1.29 is 9.53 Å². The van der Waals surface area contributed by atoms with E-state index >= 15 is 0 Å². The van der Waals surface area contributed by atoms with Gasteiger partial charge in [0.2, 0.25) is 5.91 Å². The molecule has 0 N–H and O–H groups in total. The number of carbonyl (C=O) groups is 1. The number of hydrogen-bond acceptors (Lipinski definition) is 3. The first-order chi connectivity index (χ1) is 6.93. The molecule has 1 amide bonds.